The number of hydrogen-bond acceptors (Lipinski definition) is 16. The van der Waals surface area contributed by atoms with Crippen molar-refractivity contribution in [3.8, 4) is 0 Å². The van der Waals surface area contributed by atoms with Gasteiger partial charge in [-0.15, -0.1) is 0 Å². The van der Waals surface area contributed by atoms with Crippen LogP contribution in [0.4, 0.5) is 0 Å². The van der Waals surface area contributed by atoms with Crippen molar-refractivity contribution < 1.29 is 76.2 Å². The second-order valence-electron chi connectivity index (χ2n) is 11.0. The highest BCUT2D eigenvalue weighted by molar-refractivity contribution is 4.42. The second kappa shape index (κ2) is 50.4. The molecule has 0 aliphatic heterocycles. The van der Waals surface area contributed by atoms with Gasteiger partial charge < -0.3 is 76.2 Å². The number of aliphatic hydroxyl groups excluding tert-OH is 1. The van der Waals surface area contributed by atoms with Crippen LogP contribution >= 0.6 is 0 Å². The molecule has 52 heavy (non-hydrogen) atoms. The maximum atomic E-state index is 8.59. The molecule has 0 bridgehead atoms. The minimum Gasteiger partial charge on any atom is -0.394 e. The second-order valence-corrected chi connectivity index (χ2v) is 11.0. The van der Waals surface area contributed by atoms with Gasteiger partial charge in [-0.05, 0) is 6.42 Å². The van der Waals surface area contributed by atoms with Crippen LogP contribution in [-0.2, 0) is 71.1 Å². The van der Waals surface area contributed by atoms with Crippen molar-refractivity contribution >= 4 is 0 Å². The Balaban J connectivity index is 3.04. The molecule has 0 spiro atoms. The van der Waals surface area contributed by atoms with Crippen molar-refractivity contribution in [1.82, 2.24) is 0 Å². The van der Waals surface area contributed by atoms with Crippen molar-refractivity contribution in [2.45, 2.75) is 32.6 Å². The van der Waals surface area contributed by atoms with Crippen LogP contribution in [0, 0.1) is 0 Å². The van der Waals surface area contributed by atoms with Crippen LogP contribution < -0.4 is 0 Å². The highest BCUT2D eigenvalue weighted by Crippen LogP contribution is 1.98. The average Bonchev–Trinajstić information content (AvgIpc) is 3.16. The van der Waals surface area contributed by atoms with E-state index in [4.69, 9.17) is 76.2 Å². The van der Waals surface area contributed by atoms with E-state index in [1.807, 2.05) is 0 Å². The van der Waals surface area contributed by atoms with Gasteiger partial charge in [0.1, 0.15) is 0 Å². The number of rotatable bonds is 49. The molecule has 1 N–H and O–H groups in total. The van der Waals surface area contributed by atoms with Gasteiger partial charge in [-0.2, -0.15) is 0 Å². The summed E-state index contributed by atoms with van der Waals surface area (Å²) in [5.41, 5.74) is 0. The van der Waals surface area contributed by atoms with Crippen LogP contribution in [0.15, 0.2) is 0 Å². The van der Waals surface area contributed by atoms with E-state index < -0.39 is 0 Å². The van der Waals surface area contributed by atoms with Crippen LogP contribution in [0.1, 0.15) is 32.6 Å². The molecule has 0 aromatic rings. The molecule has 0 saturated carbocycles. The van der Waals surface area contributed by atoms with Crippen LogP contribution in [0.25, 0.3) is 0 Å². The van der Waals surface area contributed by atoms with Gasteiger partial charge in [-0.25, -0.2) is 0 Å². The first-order valence-electron chi connectivity index (χ1n) is 19.2. The Hall–Kier alpha value is -0.640. The summed E-state index contributed by atoms with van der Waals surface area (Å²) in [5.74, 6) is 0. The van der Waals surface area contributed by atoms with E-state index in [1.165, 1.54) is 19.3 Å². The lowest BCUT2D eigenvalue weighted by atomic mass is 10.2. The van der Waals surface area contributed by atoms with E-state index in [-0.39, 0.29) is 6.61 Å². The molecule has 0 saturated heterocycles. The predicted molar refractivity (Wildman–Crippen MR) is 194 cm³/mol. The SMILES string of the molecule is CCCCCCOCCOCCOCCOCCOCCOCCOCCOCCOCCOCCOCCOCCOCCOCCOCCO. The Morgan fingerprint density at radius 3 is 0.558 bits per heavy atom. The topological polar surface area (TPSA) is 159 Å². The molecule has 16 nitrogen and oxygen atoms in total. The van der Waals surface area contributed by atoms with E-state index in [1.54, 1.807) is 0 Å². The van der Waals surface area contributed by atoms with E-state index in [9.17, 15) is 0 Å². The van der Waals surface area contributed by atoms with Gasteiger partial charge in [0.05, 0.1) is 198 Å². The smallest absolute Gasteiger partial charge is 0.0701 e. The lowest BCUT2D eigenvalue weighted by Gasteiger charge is -2.09. The molecular weight excluding hydrogens is 688 g/mol. The molecule has 0 fully saturated rings. The molecule has 0 aromatic heterocycles. The van der Waals surface area contributed by atoms with E-state index >= 15 is 0 Å². The third-order valence-electron chi connectivity index (χ3n) is 6.59. The van der Waals surface area contributed by atoms with E-state index in [0.717, 1.165) is 13.0 Å². The fraction of sp³-hybridized carbons (Fsp3) is 1.00. The normalized spacial score (nSPS) is 11.7. The maximum Gasteiger partial charge on any atom is 0.0701 e. The molecule has 0 unspecified atom stereocenters. The molecule has 0 amide bonds. The van der Waals surface area contributed by atoms with Crippen molar-refractivity contribution in [2.75, 3.05) is 205 Å². The first kappa shape index (κ1) is 51.4. The number of unbranched alkanes of at least 4 members (excludes halogenated alkanes) is 3. The third-order valence-corrected chi connectivity index (χ3v) is 6.59. The number of ether oxygens (including phenoxy) is 15. The Morgan fingerprint density at radius 1 is 0.212 bits per heavy atom. The molecule has 0 aliphatic carbocycles. The molecular formula is C36H74O16. The Labute approximate surface area is 313 Å². The van der Waals surface area contributed by atoms with Crippen molar-refractivity contribution in [1.29, 1.82) is 0 Å². The number of hydrogen-bond donors (Lipinski definition) is 1. The molecule has 314 valence electrons. The summed E-state index contributed by atoms with van der Waals surface area (Å²) >= 11 is 0. The summed E-state index contributed by atoms with van der Waals surface area (Å²) in [6.07, 6.45) is 4.88. The Bertz CT molecular complexity index is 561. The van der Waals surface area contributed by atoms with Gasteiger partial charge in [0.25, 0.3) is 0 Å². The van der Waals surface area contributed by atoms with Crippen LogP contribution in [0.3, 0.4) is 0 Å². The fourth-order valence-electron chi connectivity index (χ4n) is 3.88. The first-order valence-corrected chi connectivity index (χ1v) is 19.2. The minimum absolute atomic E-state index is 0.0236. The summed E-state index contributed by atoms with van der Waals surface area (Å²) in [5, 5.41) is 8.59. The highest BCUT2D eigenvalue weighted by Gasteiger charge is 1.98. The zero-order chi connectivity index (χ0) is 37.4. The third kappa shape index (κ3) is 49.4. The van der Waals surface area contributed by atoms with E-state index in [2.05, 4.69) is 6.92 Å². The Morgan fingerprint density at radius 2 is 0.385 bits per heavy atom. The summed E-state index contributed by atoms with van der Waals surface area (Å²) in [6.45, 7) is 17.9. The van der Waals surface area contributed by atoms with Gasteiger partial charge in [-0.3, -0.25) is 0 Å². The van der Waals surface area contributed by atoms with Gasteiger partial charge in [-0.1, -0.05) is 26.2 Å². The molecule has 0 atom stereocenters. The van der Waals surface area contributed by atoms with Gasteiger partial charge in [0.15, 0.2) is 0 Å². The summed E-state index contributed by atoms with van der Waals surface area (Å²) in [4.78, 5) is 0. The van der Waals surface area contributed by atoms with Crippen LogP contribution in [-0.4, -0.2) is 210 Å². The van der Waals surface area contributed by atoms with Crippen LogP contribution in [0.2, 0.25) is 0 Å². The average molecular weight is 763 g/mol. The highest BCUT2D eigenvalue weighted by atomic mass is 16.6. The largest absolute Gasteiger partial charge is 0.394 e. The summed E-state index contributed by atoms with van der Waals surface area (Å²) < 4.78 is 81.7. The summed E-state index contributed by atoms with van der Waals surface area (Å²) in [7, 11) is 0. The molecule has 0 aromatic carbocycles. The molecule has 0 aliphatic rings. The monoisotopic (exact) mass is 762 g/mol. The van der Waals surface area contributed by atoms with Gasteiger partial charge in [0.2, 0.25) is 0 Å². The fourth-order valence-corrected chi connectivity index (χ4v) is 3.88. The lowest BCUT2D eigenvalue weighted by Crippen LogP contribution is -2.15. The zero-order valence-electron chi connectivity index (χ0n) is 32.3. The summed E-state index contributed by atoms with van der Waals surface area (Å²) in [6, 6.07) is 0. The molecule has 16 heteroatoms. The molecule has 0 radical (unpaired) electrons. The molecule has 0 rings (SSSR count). The van der Waals surface area contributed by atoms with Gasteiger partial charge >= 0.3 is 0 Å². The molecule has 0 heterocycles. The number of aliphatic hydroxyl groups is 1. The zero-order valence-corrected chi connectivity index (χ0v) is 32.3. The lowest BCUT2D eigenvalue weighted by molar-refractivity contribution is -0.0301. The van der Waals surface area contributed by atoms with Crippen molar-refractivity contribution in [2.24, 2.45) is 0 Å². The van der Waals surface area contributed by atoms with Gasteiger partial charge in [0, 0.05) is 6.61 Å². The first-order chi connectivity index (χ1) is 25.9. The Kier molecular flexibility index (Phi) is 49.7. The predicted octanol–water partition coefficient (Wildman–Crippen LogP) is 1.81. The standard InChI is InChI=1S/C36H74O16/c1-2-3-4-5-7-38-9-11-40-13-15-42-17-19-44-21-23-46-25-27-48-29-31-50-33-35-52-36-34-51-32-30-49-28-26-47-24-22-45-20-18-43-16-14-41-12-10-39-8-6-37/h37H,2-36H2,1H3. The maximum absolute atomic E-state index is 8.59. The van der Waals surface area contributed by atoms with E-state index in [0.29, 0.717) is 192 Å². The quantitative estimate of drug-likeness (QED) is 0.0894. The minimum atomic E-state index is 0.0236. The van der Waals surface area contributed by atoms with Crippen molar-refractivity contribution in [3.05, 3.63) is 0 Å². The van der Waals surface area contributed by atoms with Crippen molar-refractivity contribution in [3.63, 3.8) is 0 Å². The van der Waals surface area contributed by atoms with Crippen LogP contribution in [0.5, 0.6) is 0 Å².